The van der Waals surface area contributed by atoms with E-state index in [2.05, 4.69) is 35.5 Å². The Bertz CT molecular complexity index is 1180. The van der Waals surface area contributed by atoms with E-state index in [9.17, 15) is 4.79 Å². The molecule has 6 nitrogen and oxygen atoms in total. The first-order valence-corrected chi connectivity index (χ1v) is 9.04. The molecule has 0 aliphatic carbocycles. The molecule has 0 unspecified atom stereocenters. The number of fused-ring (bicyclic) bond motifs is 1. The highest BCUT2D eigenvalue weighted by Gasteiger charge is 2.12. The maximum absolute atomic E-state index is 12.0. The van der Waals surface area contributed by atoms with E-state index >= 15 is 0 Å². The van der Waals surface area contributed by atoms with E-state index in [0.29, 0.717) is 22.7 Å². The van der Waals surface area contributed by atoms with Crippen molar-refractivity contribution in [1.29, 1.82) is 0 Å². The maximum Gasteiger partial charge on any atom is 0.293 e. The summed E-state index contributed by atoms with van der Waals surface area (Å²) in [5, 5.41) is 5.70. The highest BCUT2D eigenvalue weighted by atomic mass is 32.1. The summed E-state index contributed by atoms with van der Waals surface area (Å²) in [6, 6.07) is 14.7. The highest BCUT2D eigenvalue weighted by Crippen LogP contribution is 2.27. The van der Waals surface area contributed by atoms with E-state index < -0.39 is 5.91 Å². The average molecular weight is 391 g/mol. The molecule has 0 aliphatic heterocycles. The van der Waals surface area contributed by atoms with Crippen molar-refractivity contribution in [2.24, 2.45) is 0 Å². The average Bonchev–Trinajstić information content (AvgIpc) is 3.33. The number of rotatable bonds is 3. The fourth-order valence-electron chi connectivity index (χ4n) is 2.74. The van der Waals surface area contributed by atoms with Crippen LogP contribution in [0.1, 0.15) is 21.7 Å². The van der Waals surface area contributed by atoms with Gasteiger partial charge in [0.25, 0.3) is 5.91 Å². The van der Waals surface area contributed by atoms with Gasteiger partial charge in [0.15, 0.2) is 16.5 Å². The van der Waals surface area contributed by atoms with Gasteiger partial charge in [0.2, 0.25) is 5.89 Å². The molecule has 2 heterocycles. The third-order valence-corrected chi connectivity index (χ3v) is 4.58. The van der Waals surface area contributed by atoms with Crippen LogP contribution in [0.25, 0.3) is 22.6 Å². The molecular formula is C21H17N3O3S. The van der Waals surface area contributed by atoms with Crippen LogP contribution >= 0.6 is 12.2 Å². The molecule has 2 aromatic carbocycles. The Labute approximate surface area is 166 Å². The molecule has 7 heteroatoms. The predicted molar refractivity (Wildman–Crippen MR) is 111 cm³/mol. The third-order valence-electron chi connectivity index (χ3n) is 4.37. The predicted octanol–water partition coefficient (Wildman–Crippen LogP) is 4.83. The highest BCUT2D eigenvalue weighted by molar-refractivity contribution is 7.80. The standard InChI is InChI=1S/C21H17N3O3S/c1-12-5-6-14(10-13(12)2)20-23-16-11-15(7-8-17(16)27-20)22-21(28)24-19(25)18-4-3-9-26-18/h3-11H,1-2H3,(H2,22,24,25,28). The van der Waals surface area contributed by atoms with Gasteiger partial charge in [-0.05, 0) is 79.7 Å². The van der Waals surface area contributed by atoms with Gasteiger partial charge in [0.05, 0.1) is 6.26 Å². The fourth-order valence-corrected chi connectivity index (χ4v) is 2.95. The minimum atomic E-state index is -0.415. The molecule has 0 bridgehead atoms. The number of benzene rings is 2. The van der Waals surface area contributed by atoms with Crippen molar-refractivity contribution in [3.63, 3.8) is 0 Å². The Hall–Kier alpha value is -3.45. The molecule has 2 N–H and O–H groups in total. The molecule has 0 radical (unpaired) electrons. The van der Waals surface area contributed by atoms with Crippen molar-refractivity contribution in [1.82, 2.24) is 10.3 Å². The summed E-state index contributed by atoms with van der Waals surface area (Å²) in [7, 11) is 0. The zero-order valence-corrected chi connectivity index (χ0v) is 16.1. The number of aromatic nitrogens is 1. The zero-order valence-electron chi connectivity index (χ0n) is 15.3. The summed E-state index contributed by atoms with van der Waals surface area (Å²) >= 11 is 5.19. The van der Waals surface area contributed by atoms with Gasteiger partial charge in [-0.25, -0.2) is 4.98 Å². The van der Waals surface area contributed by atoms with Gasteiger partial charge in [-0.3, -0.25) is 10.1 Å². The minimum absolute atomic E-state index is 0.165. The summed E-state index contributed by atoms with van der Waals surface area (Å²) < 4.78 is 10.9. The molecular weight excluding hydrogens is 374 g/mol. The van der Waals surface area contributed by atoms with Crippen LogP contribution in [0.3, 0.4) is 0 Å². The summed E-state index contributed by atoms with van der Waals surface area (Å²) in [5.74, 6) is 0.333. The molecule has 1 amide bonds. The summed E-state index contributed by atoms with van der Waals surface area (Å²) in [6.45, 7) is 4.12. The lowest BCUT2D eigenvalue weighted by molar-refractivity contribution is 0.0950. The smallest absolute Gasteiger partial charge is 0.293 e. The Balaban J connectivity index is 1.52. The van der Waals surface area contributed by atoms with Crippen molar-refractivity contribution in [2.45, 2.75) is 13.8 Å². The number of hydrogen-bond acceptors (Lipinski definition) is 5. The Kier molecular flexibility index (Phi) is 4.67. The lowest BCUT2D eigenvalue weighted by Gasteiger charge is -2.08. The van der Waals surface area contributed by atoms with Crippen LogP contribution < -0.4 is 10.6 Å². The van der Waals surface area contributed by atoms with Gasteiger partial charge in [-0.15, -0.1) is 0 Å². The van der Waals surface area contributed by atoms with Crippen molar-refractivity contribution < 1.29 is 13.6 Å². The Morgan fingerprint density at radius 3 is 2.68 bits per heavy atom. The first-order chi connectivity index (χ1) is 13.5. The summed E-state index contributed by atoms with van der Waals surface area (Å²) in [4.78, 5) is 16.5. The second-order valence-electron chi connectivity index (χ2n) is 6.39. The monoisotopic (exact) mass is 391 g/mol. The minimum Gasteiger partial charge on any atom is -0.459 e. The van der Waals surface area contributed by atoms with E-state index in [1.807, 2.05) is 30.3 Å². The van der Waals surface area contributed by atoms with Crippen molar-refractivity contribution in [3.8, 4) is 11.5 Å². The zero-order chi connectivity index (χ0) is 19.7. The molecule has 140 valence electrons. The van der Waals surface area contributed by atoms with Gasteiger partial charge in [0.1, 0.15) is 5.52 Å². The topological polar surface area (TPSA) is 80.3 Å². The molecule has 0 saturated heterocycles. The van der Waals surface area contributed by atoms with Gasteiger partial charge >= 0.3 is 0 Å². The van der Waals surface area contributed by atoms with Crippen molar-refractivity contribution in [2.75, 3.05) is 5.32 Å². The van der Waals surface area contributed by atoms with Crippen LogP contribution in [0.4, 0.5) is 5.69 Å². The molecule has 0 aliphatic rings. The van der Waals surface area contributed by atoms with E-state index in [-0.39, 0.29) is 10.9 Å². The number of carbonyl (C=O) groups excluding carboxylic acids is 1. The van der Waals surface area contributed by atoms with Crippen molar-refractivity contribution in [3.05, 3.63) is 71.7 Å². The third kappa shape index (κ3) is 3.65. The van der Waals surface area contributed by atoms with Crippen LogP contribution in [-0.2, 0) is 0 Å². The molecule has 4 rings (SSSR count). The molecule has 0 saturated carbocycles. The number of thiocarbonyl (C=S) groups is 1. The number of furan rings is 1. The van der Waals surface area contributed by atoms with E-state index in [1.165, 1.54) is 17.4 Å². The van der Waals surface area contributed by atoms with Crippen LogP contribution in [0, 0.1) is 13.8 Å². The normalized spacial score (nSPS) is 10.8. The number of nitrogens with one attached hydrogen (secondary N) is 2. The van der Waals surface area contributed by atoms with E-state index in [1.54, 1.807) is 12.1 Å². The Morgan fingerprint density at radius 2 is 1.93 bits per heavy atom. The number of aryl methyl sites for hydroxylation is 2. The first kappa shape index (κ1) is 17.9. The largest absolute Gasteiger partial charge is 0.459 e. The molecule has 28 heavy (non-hydrogen) atoms. The van der Waals surface area contributed by atoms with E-state index in [4.69, 9.17) is 21.1 Å². The number of nitrogens with zero attached hydrogens (tertiary/aromatic N) is 1. The van der Waals surface area contributed by atoms with Crippen LogP contribution in [0.5, 0.6) is 0 Å². The van der Waals surface area contributed by atoms with Gasteiger partial charge in [-0.2, -0.15) is 0 Å². The lowest BCUT2D eigenvalue weighted by atomic mass is 10.1. The number of amides is 1. The van der Waals surface area contributed by atoms with Crippen LogP contribution in [0.2, 0.25) is 0 Å². The van der Waals surface area contributed by atoms with Gasteiger partial charge < -0.3 is 14.2 Å². The summed E-state index contributed by atoms with van der Waals surface area (Å²) in [6.07, 6.45) is 1.43. The summed E-state index contributed by atoms with van der Waals surface area (Å²) in [5.41, 5.74) is 5.38. The maximum atomic E-state index is 12.0. The van der Waals surface area contributed by atoms with Gasteiger partial charge in [0, 0.05) is 11.3 Å². The Morgan fingerprint density at radius 1 is 1.07 bits per heavy atom. The van der Waals surface area contributed by atoms with E-state index in [0.717, 1.165) is 5.56 Å². The van der Waals surface area contributed by atoms with Crippen LogP contribution in [0.15, 0.2) is 63.6 Å². The van der Waals surface area contributed by atoms with Gasteiger partial charge in [-0.1, -0.05) is 6.07 Å². The van der Waals surface area contributed by atoms with Crippen molar-refractivity contribution >= 4 is 40.0 Å². The quantitative estimate of drug-likeness (QED) is 0.487. The molecule has 2 aromatic heterocycles. The first-order valence-electron chi connectivity index (χ1n) is 8.63. The lowest BCUT2D eigenvalue weighted by Crippen LogP contribution is -2.33. The number of anilines is 1. The molecule has 0 fully saturated rings. The second-order valence-corrected chi connectivity index (χ2v) is 6.79. The number of oxazole rings is 1. The molecule has 0 atom stereocenters. The molecule has 0 spiro atoms. The second kappa shape index (κ2) is 7.28. The number of hydrogen-bond donors (Lipinski definition) is 2. The SMILES string of the molecule is Cc1ccc(-c2nc3cc(NC(=S)NC(=O)c4ccco4)ccc3o2)cc1C. The van der Waals surface area contributed by atoms with Crippen LogP contribution in [-0.4, -0.2) is 16.0 Å². The molecule has 4 aromatic rings. The fraction of sp³-hybridized carbons (Fsp3) is 0.0952. The number of carbonyl (C=O) groups is 1.